The first-order valence-electron chi connectivity index (χ1n) is 6.37. The molecule has 2 aromatic carbocycles. The molecule has 3 rings (SSSR count). The number of aromatic amines is 1. The Morgan fingerprint density at radius 3 is 2.50 bits per heavy atom. The van der Waals surface area contributed by atoms with Gasteiger partial charge in [-0.2, -0.15) is 14.9 Å². The van der Waals surface area contributed by atoms with Crippen molar-refractivity contribution < 1.29 is 4.39 Å². The molecule has 0 atom stereocenters. The summed E-state index contributed by atoms with van der Waals surface area (Å²) in [5.41, 5.74) is 1.58. The summed E-state index contributed by atoms with van der Waals surface area (Å²) < 4.78 is 14.8. The summed E-state index contributed by atoms with van der Waals surface area (Å²) in [6.45, 7) is 0. The molecular formula is C15H10ClFN4S. The Kier molecular flexibility index (Phi) is 4.13. The van der Waals surface area contributed by atoms with Crippen LogP contribution in [0.2, 0.25) is 5.02 Å². The van der Waals surface area contributed by atoms with E-state index in [1.807, 2.05) is 12.1 Å². The van der Waals surface area contributed by atoms with E-state index in [0.29, 0.717) is 15.6 Å². The SMILES string of the molecule is Fc1ccc(/C=N\n2c(-c3ccc(Cl)cc3)n[nH]c2=S)cc1. The molecule has 0 saturated carbocycles. The predicted molar refractivity (Wildman–Crippen MR) is 87.2 cm³/mol. The Balaban J connectivity index is 1.97. The molecule has 0 bridgehead atoms. The number of benzene rings is 2. The first-order valence-corrected chi connectivity index (χ1v) is 7.15. The molecule has 1 aromatic heterocycles. The van der Waals surface area contributed by atoms with Crippen molar-refractivity contribution in [2.24, 2.45) is 5.10 Å². The predicted octanol–water partition coefficient (Wildman–Crippen LogP) is 4.28. The minimum absolute atomic E-state index is 0.293. The summed E-state index contributed by atoms with van der Waals surface area (Å²) in [5, 5.41) is 11.8. The molecule has 3 aromatic rings. The van der Waals surface area contributed by atoms with Crippen LogP contribution in [0.15, 0.2) is 53.6 Å². The highest BCUT2D eigenvalue weighted by atomic mass is 35.5. The van der Waals surface area contributed by atoms with E-state index in [4.69, 9.17) is 23.8 Å². The molecule has 0 aliphatic carbocycles. The third-order valence-corrected chi connectivity index (χ3v) is 3.46. The van der Waals surface area contributed by atoms with E-state index >= 15 is 0 Å². The first-order chi connectivity index (χ1) is 10.6. The van der Waals surface area contributed by atoms with Crippen LogP contribution in [-0.2, 0) is 0 Å². The molecule has 1 N–H and O–H groups in total. The number of nitrogens with one attached hydrogen (secondary N) is 1. The van der Waals surface area contributed by atoms with Crippen LogP contribution in [0.3, 0.4) is 0 Å². The van der Waals surface area contributed by atoms with E-state index < -0.39 is 0 Å². The lowest BCUT2D eigenvalue weighted by atomic mass is 10.2. The van der Waals surface area contributed by atoms with Crippen molar-refractivity contribution in [3.05, 3.63) is 69.7 Å². The Morgan fingerprint density at radius 2 is 1.82 bits per heavy atom. The monoisotopic (exact) mass is 332 g/mol. The largest absolute Gasteiger partial charge is 0.250 e. The van der Waals surface area contributed by atoms with Gasteiger partial charge < -0.3 is 0 Å². The molecule has 1 heterocycles. The third-order valence-electron chi connectivity index (χ3n) is 2.95. The van der Waals surface area contributed by atoms with E-state index in [1.165, 1.54) is 16.8 Å². The van der Waals surface area contributed by atoms with E-state index in [1.54, 1.807) is 30.5 Å². The fraction of sp³-hybridized carbons (Fsp3) is 0. The second kappa shape index (κ2) is 6.21. The molecule has 0 saturated heterocycles. The molecule has 0 amide bonds. The van der Waals surface area contributed by atoms with Crippen LogP contribution in [0.4, 0.5) is 4.39 Å². The fourth-order valence-electron chi connectivity index (χ4n) is 1.86. The van der Waals surface area contributed by atoms with E-state index in [-0.39, 0.29) is 5.82 Å². The second-order valence-electron chi connectivity index (χ2n) is 4.47. The lowest BCUT2D eigenvalue weighted by molar-refractivity contribution is 0.628. The number of rotatable bonds is 3. The standard InChI is InChI=1S/C15H10ClFN4S/c16-12-5-3-11(4-6-12)14-19-20-15(22)21(14)18-9-10-1-7-13(17)8-2-10/h1-9H,(H,20,22)/b18-9-. The first kappa shape index (κ1) is 14.6. The maximum atomic E-state index is 12.9. The minimum atomic E-state index is -0.293. The minimum Gasteiger partial charge on any atom is -0.250 e. The average molecular weight is 333 g/mol. The smallest absolute Gasteiger partial charge is 0.216 e. The van der Waals surface area contributed by atoms with Gasteiger partial charge in [-0.1, -0.05) is 23.7 Å². The van der Waals surface area contributed by atoms with Crippen LogP contribution in [0.25, 0.3) is 11.4 Å². The van der Waals surface area contributed by atoms with Gasteiger partial charge in [0.1, 0.15) is 5.82 Å². The summed E-state index contributed by atoms with van der Waals surface area (Å²) in [6.07, 6.45) is 1.59. The van der Waals surface area contributed by atoms with Crippen LogP contribution in [0, 0.1) is 10.6 Å². The quantitative estimate of drug-likeness (QED) is 0.574. The topological polar surface area (TPSA) is 46.0 Å². The lowest BCUT2D eigenvalue weighted by Crippen LogP contribution is -1.95. The molecule has 0 spiro atoms. The number of H-pyrrole nitrogens is 1. The van der Waals surface area contributed by atoms with Crippen molar-refractivity contribution in [1.82, 2.24) is 14.9 Å². The van der Waals surface area contributed by atoms with Gasteiger partial charge in [0.15, 0.2) is 5.82 Å². The van der Waals surface area contributed by atoms with Crippen molar-refractivity contribution in [3.63, 3.8) is 0 Å². The number of nitrogens with zero attached hydrogens (tertiary/aromatic N) is 3. The highest BCUT2D eigenvalue weighted by molar-refractivity contribution is 7.71. The summed E-state index contributed by atoms with van der Waals surface area (Å²) in [4.78, 5) is 0. The molecule has 7 heteroatoms. The highest BCUT2D eigenvalue weighted by Gasteiger charge is 2.07. The van der Waals surface area contributed by atoms with Crippen molar-refractivity contribution >= 4 is 30.0 Å². The maximum Gasteiger partial charge on any atom is 0.216 e. The van der Waals surface area contributed by atoms with Gasteiger partial charge in [0.2, 0.25) is 4.77 Å². The van der Waals surface area contributed by atoms with E-state index in [0.717, 1.165) is 11.1 Å². The van der Waals surface area contributed by atoms with Crippen molar-refractivity contribution in [2.75, 3.05) is 0 Å². The van der Waals surface area contributed by atoms with Gasteiger partial charge in [-0.25, -0.2) is 9.49 Å². The molecule has 110 valence electrons. The normalized spacial score (nSPS) is 11.2. The Bertz CT molecular complexity index is 866. The van der Waals surface area contributed by atoms with Gasteiger partial charge in [-0.15, -0.1) is 0 Å². The van der Waals surface area contributed by atoms with E-state index in [2.05, 4.69) is 15.3 Å². The summed E-state index contributed by atoms with van der Waals surface area (Å²) in [7, 11) is 0. The zero-order valence-electron chi connectivity index (χ0n) is 11.2. The summed E-state index contributed by atoms with van der Waals surface area (Å²) >= 11 is 11.1. The van der Waals surface area contributed by atoms with Crippen LogP contribution in [0.1, 0.15) is 5.56 Å². The van der Waals surface area contributed by atoms with Gasteiger partial charge >= 0.3 is 0 Å². The third kappa shape index (κ3) is 3.13. The van der Waals surface area contributed by atoms with Gasteiger partial charge in [-0.3, -0.25) is 0 Å². The van der Waals surface area contributed by atoms with Crippen molar-refractivity contribution in [2.45, 2.75) is 0 Å². The fourth-order valence-corrected chi connectivity index (χ4v) is 2.16. The van der Waals surface area contributed by atoms with Gasteiger partial charge in [0.05, 0.1) is 6.21 Å². The van der Waals surface area contributed by atoms with Gasteiger partial charge in [0.25, 0.3) is 0 Å². The zero-order valence-corrected chi connectivity index (χ0v) is 12.8. The van der Waals surface area contributed by atoms with Crippen LogP contribution in [0.5, 0.6) is 0 Å². The van der Waals surface area contributed by atoms with Crippen molar-refractivity contribution in [3.8, 4) is 11.4 Å². The number of hydrogen-bond acceptors (Lipinski definition) is 3. The van der Waals surface area contributed by atoms with Crippen LogP contribution < -0.4 is 0 Å². The molecule has 22 heavy (non-hydrogen) atoms. The highest BCUT2D eigenvalue weighted by Crippen LogP contribution is 2.19. The summed E-state index contributed by atoms with van der Waals surface area (Å²) in [5.74, 6) is 0.277. The molecule has 0 radical (unpaired) electrons. The van der Waals surface area contributed by atoms with Gasteiger partial charge in [-0.05, 0) is 54.2 Å². The molecular weight excluding hydrogens is 323 g/mol. The van der Waals surface area contributed by atoms with Crippen molar-refractivity contribution in [1.29, 1.82) is 0 Å². The zero-order chi connectivity index (χ0) is 15.5. The van der Waals surface area contributed by atoms with E-state index in [9.17, 15) is 4.39 Å². The summed E-state index contributed by atoms with van der Waals surface area (Å²) in [6, 6.07) is 13.2. The van der Waals surface area contributed by atoms with Crippen LogP contribution in [-0.4, -0.2) is 21.1 Å². The Morgan fingerprint density at radius 1 is 1.14 bits per heavy atom. The number of aromatic nitrogens is 3. The molecule has 0 unspecified atom stereocenters. The Labute approximate surface area is 135 Å². The average Bonchev–Trinajstić information content (AvgIpc) is 2.89. The van der Waals surface area contributed by atoms with Crippen LogP contribution >= 0.6 is 23.8 Å². The maximum absolute atomic E-state index is 12.9. The Hall–Kier alpha value is -2.31. The second-order valence-corrected chi connectivity index (χ2v) is 5.29. The van der Waals surface area contributed by atoms with Gasteiger partial charge in [0, 0.05) is 10.6 Å². The lowest BCUT2D eigenvalue weighted by Gasteiger charge is -2.01. The number of halogens is 2. The number of hydrogen-bond donors (Lipinski definition) is 1. The molecule has 4 nitrogen and oxygen atoms in total. The molecule has 0 fully saturated rings. The molecule has 0 aliphatic rings. The molecule has 0 aliphatic heterocycles.